The molecule has 4 fully saturated rings. The molecule has 3 N–H and O–H groups in total. The number of Topliss-reactive ketones (excluding diaryl/α,β-unsaturated/α-hetero) is 1. The number of nitrogens with two attached hydrogens (primary N) is 1. The van der Waals surface area contributed by atoms with Crippen molar-refractivity contribution >= 4 is 46.1 Å². The number of carbonyl (C=O) groups is 4. The van der Waals surface area contributed by atoms with Crippen LogP contribution in [-0.2, 0) is 38.1 Å². The van der Waals surface area contributed by atoms with Crippen molar-refractivity contribution in [3.05, 3.63) is 23.8 Å². The number of fused-ring (bicyclic) bond motifs is 7. The van der Waals surface area contributed by atoms with E-state index in [0.717, 1.165) is 10.8 Å². The van der Waals surface area contributed by atoms with E-state index < -0.39 is 88.7 Å². The highest BCUT2D eigenvalue weighted by molar-refractivity contribution is 14.1. The largest absolute Gasteiger partial charge is 0.465 e. The van der Waals surface area contributed by atoms with Gasteiger partial charge in [0.15, 0.2) is 29.4 Å². The number of ether oxygens (including phenoxy) is 4. The SMILES string of the molecule is CC1(C)O[C@@H]2C[C@H]3[C@@H]4CCC5=CC(=O)C=C[C@]5(C)C4(F)[C@@H](O)C[C@]3(C)[C@]2(C(=O)COC(=O)CC(N)C(=O)OCCCCI)O1. The van der Waals surface area contributed by atoms with Crippen LogP contribution in [0.5, 0.6) is 0 Å². The second-order valence-corrected chi connectivity index (χ2v) is 14.9. The molecule has 4 aliphatic carbocycles. The van der Waals surface area contributed by atoms with Crippen molar-refractivity contribution in [2.24, 2.45) is 28.4 Å². The van der Waals surface area contributed by atoms with Crippen molar-refractivity contribution in [2.75, 3.05) is 17.6 Å². The van der Waals surface area contributed by atoms with Crippen LogP contribution in [0.1, 0.15) is 72.6 Å². The lowest BCUT2D eigenvalue weighted by Gasteiger charge is -2.62. The molecule has 0 amide bonds. The summed E-state index contributed by atoms with van der Waals surface area (Å²) in [5.74, 6) is -4.52. The Labute approximate surface area is 270 Å². The molecule has 0 bridgehead atoms. The van der Waals surface area contributed by atoms with Gasteiger partial charge in [0.05, 0.1) is 25.2 Å². The van der Waals surface area contributed by atoms with E-state index in [-0.39, 0.29) is 18.8 Å². The molecule has 12 heteroatoms. The fourth-order valence-electron chi connectivity index (χ4n) is 8.86. The molecule has 244 valence electrons. The summed E-state index contributed by atoms with van der Waals surface area (Å²) >= 11 is 2.23. The standard InChI is InChI=1S/C32H43FINO9/c1-28(2)43-25-14-21-20-8-7-18-13-19(36)9-10-29(18,3)31(20,33)23(37)16-30(21,4)32(25,44-28)24(38)17-42-26(39)15-22(35)27(40)41-12-6-5-11-34/h9-10,13,20-23,25,37H,5-8,11-12,14-17,35H2,1-4H3/t20-,21-,22?,23-,25+,29-,30-,31?,32+/m0/s1. The number of rotatable bonds is 10. The van der Waals surface area contributed by atoms with Crippen molar-refractivity contribution in [2.45, 2.75) is 108 Å². The Morgan fingerprint density at radius 3 is 2.61 bits per heavy atom. The lowest BCUT2D eigenvalue weighted by molar-refractivity contribution is -0.246. The van der Waals surface area contributed by atoms with E-state index in [0.29, 0.717) is 31.3 Å². The highest BCUT2D eigenvalue weighted by Crippen LogP contribution is 2.72. The van der Waals surface area contributed by atoms with E-state index in [9.17, 15) is 24.3 Å². The molecule has 1 heterocycles. The van der Waals surface area contributed by atoms with Crippen LogP contribution in [-0.4, -0.2) is 81.6 Å². The van der Waals surface area contributed by atoms with Crippen LogP contribution in [0.25, 0.3) is 0 Å². The molecule has 0 aromatic carbocycles. The van der Waals surface area contributed by atoms with Gasteiger partial charge in [0, 0.05) is 16.7 Å². The van der Waals surface area contributed by atoms with Gasteiger partial charge in [-0.05, 0) is 81.8 Å². The van der Waals surface area contributed by atoms with Gasteiger partial charge >= 0.3 is 11.9 Å². The summed E-state index contributed by atoms with van der Waals surface area (Å²) in [4.78, 5) is 51.1. The highest BCUT2D eigenvalue weighted by Gasteiger charge is 2.80. The number of carbonyl (C=O) groups excluding carboxylic acids is 4. The molecule has 2 unspecified atom stereocenters. The number of allylic oxidation sites excluding steroid dienone is 4. The van der Waals surface area contributed by atoms with E-state index in [1.54, 1.807) is 26.8 Å². The van der Waals surface area contributed by atoms with Gasteiger partial charge < -0.3 is 29.8 Å². The Bertz CT molecular complexity index is 1290. The van der Waals surface area contributed by atoms with Crippen LogP contribution in [0.15, 0.2) is 23.8 Å². The predicted molar refractivity (Wildman–Crippen MR) is 164 cm³/mol. The zero-order valence-corrected chi connectivity index (χ0v) is 27.9. The quantitative estimate of drug-likeness (QED) is 0.148. The molecule has 3 saturated carbocycles. The summed E-state index contributed by atoms with van der Waals surface area (Å²) in [5, 5.41) is 11.7. The second kappa shape index (κ2) is 11.8. The van der Waals surface area contributed by atoms with Gasteiger partial charge in [-0.2, -0.15) is 0 Å². The smallest absolute Gasteiger partial charge is 0.323 e. The normalized spacial score (nSPS) is 40.6. The van der Waals surface area contributed by atoms with E-state index in [2.05, 4.69) is 22.6 Å². The average Bonchev–Trinajstić information content (AvgIpc) is 3.36. The summed E-state index contributed by atoms with van der Waals surface area (Å²) in [6, 6.07) is -1.23. The molecule has 5 rings (SSSR count). The molecule has 5 aliphatic rings. The third-order valence-corrected chi connectivity index (χ3v) is 11.6. The van der Waals surface area contributed by atoms with Crippen LogP contribution in [0, 0.1) is 22.7 Å². The zero-order chi connectivity index (χ0) is 32.3. The topological polar surface area (TPSA) is 151 Å². The first-order chi connectivity index (χ1) is 20.6. The van der Waals surface area contributed by atoms with Crippen molar-refractivity contribution in [3.63, 3.8) is 0 Å². The predicted octanol–water partition coefficient (Wildman–Crippen LogP) is 3.45. The van der Waals surface area contributed by atoms with Crippen LogP contribution >= 0.6 is 22.6 Å². The number of ketones is 2. The van der Waals surface area contributed by atoms with Gasteiger partial charge in [0.2, 0.25) is 5.78 Å². The molecule has 44 heavy (non-hydrogen) atoms. The molecule has 1 aliphatic heterocycles. The Hall–Kier alpha value is -1.74. The first kappa shape index (κ1) is 33.6. The summed E-state index contributed by atoms with van der Waals surface area (Å²) < 4.78 is 41.6. The van der Waals surface area contributed by atoms with Crippen molar-refractivity contribution in [3.8, 4) is 0 Å². The molecular weight excluding hydrogens is 688 g/mol. The number of alkyl halides is 2. The monoisotopic (exact) mass is 731 g/mol. The lowest BCUT2D eigenvalue weighted by Crippen LogP contribution is -2.70. The summed E-state index contributed by atoms with van der Waals surface area (Å²) in [7, 11) is 0. The van der Waals surface area contributed by atoms with Crippen molar-refractivity contribution in [1.82, 2.24) is 0 Å². The van der Waals surface area contributed by atoms with Crippen LogP contribution in [0.3, 0.4) is 0 Å². The average molecular weight is 732 g/mol. The fraction of sp³-hybridized carbons (Fsp3) is 0.750. The molecule has 9 atom stereocenters. The number of halogens is 2. The van der Waals surface area contributed by atoms with Gasteiger partial charge in [0.1, 0.15) is 6.04 Å². The molecule has 0 radical (unpaired) electrons. The minimum Gasteiger partial charge on any atom is -0.465 e. The maximum atomic E-state index is 17.5. The van der Waals surface area contributed by atoms with Gasteiger partial charge in [-0.25, -0.2) is 4.39 Å². The number of aliphatic hydroxyl groups is 1. The summed E-state index contributed by atoms with van der Waals surface area (Å²) in [6.07, 6.45) is 4.39. The molecule has 10 nitrogen and oxygen atoms in total. The third-order valence-electron chi connectivity index (χ3n) is 10.9. The van der Waals surface area contributed by atoms with E-state index in [1.807, 2.05) is 6.92 Å². The Morgan fingerprint density at radius 1 is 1.18 bits per heavy atom. The van der Waals surface area contributed by atoms with Gasteiger partial charge in [-0.1, -0.05) is 41.2 Å². The maximum absolute atomic E-state index is 17.5. The first-order valence-electron chi connectivity index (χ1n) is 15.4. The first-order valence-corrected chi connectivity index (χ1v) is 16.9. The van der Waals surface area contributed by atoms with Gasteiger partial charge in [0.25, 0.3) is 0 Å². The Kier molecular flexibility index (Phi) is 9.02. The minimum atomic E-state index is -2.08. The zero-order valence-electron chi connectivity index (χ0n) is 25.7. The van der Waals surface area contributed by atoms with Crippen molar-refractivity contribution in [1.29, 1.82) is 0 Å². The Morgan fingerprint density at radius 2 is 1.91 bits per heavy atom. The lowest BCUT2D eigenvalue weighted by atomic mass is 9.44. The molecule has 0 spiro atoms. The van der Waals surface area contributed by atoms with Crippen molar-refractivity contribution < 1.29 is 47.6 Å². The molecular formula is C32H43FINO9. The van der Waals surface area contributed by atoms with E-state index >= 15 is 4.39 Å². The number of aliphatic hydroxyl groups excluding tert-OH is 1. The maximum Gasteiger partial charge on any atom is 0.323 e. The number of hydrogen-bond donors (Lipinski definition) is 2. The number of hydrogen-bond acceptors (Lipinski definition) is 10. The summed E-state index contributed by atoms with van der Waals surface area (Å²) in [5.41, 5.74) is 0.589. The van der Waals surface area contributed by atoms with Crippen LogP contribution in [0.4, 0.5) is 4.39 Å². The van der Waals surface area contributed by atoms with Crippen LogP contribution < -0.4 is 5.73 Å². The Balaban J connectivity index is 1.35. The number of esters is 2. The third kappa shape index (κ3) is 5.10. The highest BCUT2D eigenvalue weighted by atomic mass is 127. The fourth-order valence-corrected chi connectivity index (χ4v) is 9.40. The summed E-state index contributed by atoms with van der Waals surface area (Å²) in [6.45, 7) is 6.50. The van der Waals surface area contributed by atoms with E-state index in [1.165, 1.54) is 12.2 Å². The number of unbranched alkanes of at least 4 members (excludes halogenated alkanes) is 1. The van der Waals surface area contributed by atoms with Gasteiger partial charge in [-0.3, -0.25) is 19.2 Å². The van der Waals surface area contributed by atoms with E-state index in [4.69, 9.17) is 24.7 Å². The molecule has 0 aromatic heterocycles. The van der Waals surface area contributed by atoms with Gasteiger partial charge in [-0.15, -0.1) is 0 Å². The van der Waals surface area contributed by atoms with Crippen LogP contribution in [0.2, 0.25) is 0 Å². The molecule has 1 saturated heterocycles. The second-order valence-electron chi connectivity index (χ2n) is 13.8. The minimum absolute atomic E-state index is 0.0980. The molecule has 0 aromatic rings.